The van der Waals surface area contributed by atoms with Crippen molar-refractivity contribution in [1.29, 1.82) is 0 Å². The van der Waals surface area contributed by atoms with Crippen molar-refractivity contribution < 1.29 is 14.1 Å². The summed E-state index contributed by atoms with van der Waals surface area (Å²) >= 11 is 1.40. The highest BCUT2D eigenvalue weighted by Gasteiger charge is 2.28. The second kappa shape index (κ2) is 8.15. The quantitative estimate of drug-likeness (QED) is 0.688. The average molecular weight is 383 g/mol. The fourth-order valence-electron chi connectivity index (χ4n) is 3.46. The smallest absolute Gasteiger partial charge is 0.257 e. The molecule has 1 aliphatic rings. The summed E-state index contributed by atoms with van der Waals surface area (Å²) in [6.45, 7) is 6.54. The van der Waals surface area contributed by atoms with Gasteiger partial charge in [-0.1, -0.05) is 54.2 Å². The normalized spacial score (nSPS) is 16.6. The number of oxazole rings is 1. The topological polar surface area (TPSA) is 50.8 Å². The maximum Gasteiger partial charge on any atom is 0.257 e. The van der Waals surface area contributed by atoms with Crippen LogP contribution in [0.15, 0.2) is 64.2 Å². The summed E-state index contributed by atoms with van der Waals surface area (Å²) in [6.07, 6.45) is 0. The van der Waals surface area contributed by atoms with Gasteiger partial charge < -0.3 is 14.2 Å². The third kappa shape index (κ3) is 4.34. The number of hydrogen-bond acceptors (Lipinski definition) is 4. The Bertz CT molecular complexity index is 871. The number of piperazine rings is 1. The molecule has 0 bridgehead atoms. The second-order valence-electron chi connectivity index (χ2n) is 6.95. The third-order valence-electron chi connectivity index (χ3n) is 4.98. The molecule has 1 N–H and O–H groups in total. The molecule has 5 nitrogen and oxygen atoms in total. The fraction of sp³-hybridized carbons (Fsp3) is 0.333. The van der Waals surface area contributed by atoms with Crippen molar-refractivity contribution in [1.82, 2.24) is 9.88 Å². The molecule has 2 aromatic carbocycles. The van der Waals surface area contributed by atoms with Gasteiger partial charge in [0.25, 0.3) is 5.22 Å². The third-order valence-corrected chi connectivity index (χ3v) is 5.91. The lowest BCUT2D eigenvalue weighted by atomic mass is 10.2. The number of amides is 1. The molecule has 3 aromatic rings. The van der Waals surface area contributed by atoms with E-state index in [0.29, 0.717) is 5.22 Å². The minimum Gasteiger partial charge on any atom is -0.431 e. The Morgan fingerprint density at radius 2 is 1.85 bits per heavy atom. The molecule has 0 aliphatic carbocycles. The number of hydrogen-bond donors (Lipinski definition) is 1. The van der Waals surface area contributed by atoms with Crippen LogP contribution in [-0.2, 0) is 11.3 Å². The number of fused-ring (bicyclic) bond motifs is 1. The Kier molecular flexibility index (Phi) is 5.45. The molecule has 0 radical (unpaired) electrons. The molecule has 4 rings (SSSR count). The zero-order valence-corrected chi connectivity index (χ0v) is 16.2. The van der Waals surface area contributed by atoms with Crippen LogP contribution in [0.5, 0.6) is 0 Å². The largest absolute Gasteiger partial charge is 0.431 e. The van der Waals surface area contributed by atoms with Crippen molar-refractivity contribution in [3.8, 4) is 0 Å². The molecular weight excluding hydrogens is 358 g/mol. The molecule has 0 unspecified atom stereocenters. The van der Waals surface area contributed by atoms with Gasteiger partial charge >= 0.3 is 0 Å². The average Bonchev–Trinajstić information content (AvgIpc) is 3.11. The van der Waals surface area contributed by atoms with Gasteiger partial charge in [-0.25, -0.2) is 4.98 Å². The Hall–Kier alpha value is -2.31. The number of aromatic nitrogens is 1. The molecule has 27 heavy (non-hydrogen) atoms. The summed E-state index contributed by atoms with van der Waals surface area (Å²) in [5.41, 5.74) is 2.95. The van der Waals surface area contributed by atoms with Crippen LogP contribution in [0.1, 0.15) is 12.5 Å². The maximum absolute atomic E-state index is 12.8. The van der Waals surface area contributed by atoms with E-state index >= 15 is 0 Å². The monoisotopic (exact) mass is 382 g/mol. The van der Waals surface area contributed by atoms with E-state index in [1.54, 1.807) is 0 Å². The van der Waals surface area contributed by atoms with Crippen LogP contribution >= 0.6 is 11.8 Å². The molecule has 0 saturated carbocycles. The number of quaternary nitrogens is 1. The van der Waals surface area contributed by atoms with Crippen molar-refractivity contribution in [2.24, 2.45) is 0 Å². The highest BCUT2D eigenvalue weighted by atomic mass is 32.2. The predicted molar refractivity (Wildman–Crippen MR) is 107 cm³/mol. The van der Waals surface area contributed by atoms with Crippen LogP contribution < -0.4 is 4.90 Å². The lowest BCUT2D eigenvalue weighted by Crippen LogP contribution is -3.13. The van der Waals surface area contributed by atoms with Gasteiger partial charge in [-0.3, -0.25) is 4.79 Å². The van der Waals surface area contributed by atoms with Crippen LogP contribution in [0.25, 0.3) is 11.1 Å². The molecule has 1 aliphatic heterocycles. The van der Waals surface area contributed by atoms with Crippen LogP contribution in [0.3, 0.4) is 0 Å². The number of nitrogens with one attached hydrogen (secondary N) is 1. The number of carbonyl (C=O) groups is 1. The number of para-hydroxylation sites is 2. The van der Waals surface area contributed by atoms with Gasteiger partial charge in [-0.2, -0.15) is 0 Å². The van der Waals surface area contributed by atoms with Gasteiger partial charge in [0.1, 0.15) is 12.1 Å². The summed E-state index contributed by atoms with van der Waals surface area (Å²) in [7, 11) is 0. The van der Waals surface area contributed by atoms with Crippen molar-refractivity contribution in [3.05, 3.63) is 60.2 Å². The van der Waals surface area contributed by atoms with E-state index in [1.807, 2.05) is 42.2 Å². The van der Waals surface area contributed by atoms with E-state index in [0.717, 1.165) is 43.8 Å². The predicted octanol–water partition coefficient (Wildman–Crippen LogP) is 2.24. The Balaban J connectivity index is 1.30. The van der Waals surface area contributed by atoms with Crippen LogP contribution in [0.2, 0.25) is 0 Å². The minimum absolute atomic E-state index is 0.168. The van der Waals surface area contributed by atoms with E-state index < -0.39 is 0 Å². The Morgan fingerprint density at radius 1 is 1.15 bits per heavy atom. The molecule has 6 heteroatoms. The van der Waals surface area contributed by atoms with E-state index in [2.05, 4.69) is 29.2 Å². The molecule has 2 heterocycles. The van der Waals surface area contributed by atoms with E-state index in [1.165, 1.54) is 22.2 Å². The van der Waals surface area contributed by atoms with Crippen molar-refractivity contribution in [3.63, 3.8) is 0 Å². The highest BCUT2D eigenvalue weighted by molar-refractivity contribution is 8.00. The zero-order valence-electron chi connectivity index (χ0n) is 15.4. The van der Waals surface area contributed by atoms with E-state index in [-0.39, 0.29) is 11.2 Å². The van der Waals surface area contributed by atoms with Crippen LogP contribution in [-0.4, -0.2) is 47.2 Å². The summed E-state index contributed by atoms with van der Waals surface area (Å²) < 4.78 is 5.74. The Labute approximate surface area is 163 Å². The SMILES string of the molecule is C[C@@H](Sc1nc2ccccc2o1)C(=O)N1CC[NH+](Cc2ccccc2)CC1. The molecule has 1 amide bonds. The first-order valence-corrected chi connectivity index (χ1v) is 10.3. The summed E-state index contributed by atoms with van der Waals surface area (Å²) in [4.78, 5) is 20.8. The lowest BCUT2D eigenvalue weighted by Gasteiger charge is -2.33. The van der Waals surface area contributed by atoms with E-state index in [9.17, 15) is 4.79 Å². The summed E-state index contributed by atoms with van der Waals surface area (Å²) in [6, 6.07) is 18.2. The molecular formula is C21H24N3O2S+. The van der Waals surface area contributed by atoms with E-state index in [4.69, 9.17) is 4.42 Å². The van der Waals surface area contributed by atoms with Gasteiger partial charge in [-0.15, -0.1) is 0 Å². The van der Waals surface area contributed by atoms with Gasteiger partial charge in [0.05, 0.1) is 31.4 Å². The summed E-state index contributed by atoms with van der Waals surface area (Å²) in [5.74, 6) is 0.168. The maximum atomic E-state index is 12.8. The Morgan fingerprint density at radius 3 is 2.59 bits per heavy atom. The standard InChI is InChI=1S/C21H23N3O2S/c1-16(27-21-22-18-9-5-6-10-19(18)26-21)20(25)24-13-11-23(12-14-24)15-17-7-3-2-4-8-17/h2-10,16H,11-15H2,1H3/p+1/t16-/m1/s1. The number of nitrogens with zero attached hydrogens (tertiary/aromatic N) is 2. The van der Waals surface area contributed by atoms with Gasteiger partial charge in [0.2, 0.25) is 5.91 Å². The molecule has 1 fully saturated rings. The van der Waals surface area contributed by atoms with Gasteiger partial charge in [0, 0.05) is 5.56 Å². The number of benzene rings is 2. The first-order valence-electron chi connectivity index (χ1n) is 9.37. The number of thioether (sulfide) groups is 1. The zero-order chi connectivity index (χ0) is 18.6. The fourth-order valence-corrected chi connectivity index (χ4v) is 4.31. The highest BCUT2D eigenvalue weighted by Crippen LogP contribution is 2.27. The first-order chi connectivity index (χ1) is 13.2. The van der Waals surface area contributed by atoms with Gasteiger partial charge in [-0.05, 0) is 19.1 Å². The van der Waals surface area contributed by atoms with Crippen molar-refractivity contribution >= 4 is 28.8 Å². The van der Waals surface area contributed by atoms with Crippen molar-refractivity contribution in [2.75, 3.05) is 26.2 Å². The molecule has 140 valence electrons. The first kappa shape index (κ1) is 18.1. The minimum atomic E-state index is -0.200. The molecule has 0 spiro atoms. The van der Waals surface area contributed by atoms with Gasteiger partial charge in [0.15, 0.2) is 5.58 Å². The second-order valence-corrected chi connectivity index (χ2v) is 8.24. The van der Waals surface area contributed by atoms with Crippen molar-refractivity contribution in [2.45, 2.75) is 23.9 Å². The molecule has 1 aromatic heterocycles. The molecule has 1 atom stereocenters. The summed E-state index contributed by atoms with van der Waals surface area (Å²) in [5, 5.41) is 0.360. The molecule has 1 saturated heterocycles. The lowest BCUT2D eigenvalue weighted by molar-refractivity contribution is -0.917. The number of rotatable bonds is 5. The van der Waals surface area contributed by atoms with Crippen LogP contribution in [0.4, 0.5) is 0 Å². The number of carbonyl (C=O) groups excluding carboxylic acids is 1. The van der Waals surface area contributed by atoms with Crippen LogP contribution in [0, 0.1) is 0 Å².